The number of benzene rings is 3. The molecule has 9 rings (SSSR count). The number of piperazine rings is 1. The molecule has 0 spiro atoms. The zero-order chi connectivity index (χ0) is 45.3. The Labute approximate surface area is 384 Å². The lowest BCUT2D eigenvalue weighted by Gasteiger charge is -2.39. The SMILES string of the molecule is CC1(C)CCC(CN2CCN(c3ccc(C(=O)NS(=O)(=O)c4ccc(N[C@@H]5CCN(C6CCOCC6)C5)c([N+](=O)[O-])c4)c(Oc4ccc5[nH]ccc5n4)c3)CC2)=C(c2ccc(Cl)cc2)C1. The molecule has 0 radical (unpaired) electrons. The highest BCUT2D eigenvalue weighted by atomic mass is 35.5. The third kappa shape index (κ3) is 10.3. The van der Waals surface area contributed by atoms with Gasteiger partial charge in [0.2, 0.25) is 5.88 Å². The van der Waals surface area contributed by atoms with Crippen LogP contribution in [0.1, 0.15) is 68.3 Å². The Morgan fingerprint density at radius 2 is 1.77 bits per heavy atom. The van der Waals surface area contributed by atoms with Crippen molar-refractivity contribution in [3.8, 4) is 11.6 Å². The fourth-order valence-electron chi connectivity index (χ4n) is 9.66. The first-order valence-corrected chi connectivity index (χ1v) is 24.3. The fraction of sp³-hybridized carbons (Fsp3) is 0.417. The summed E-state index contributed by atoms with van der Waals surface area (Å²) in [5.41, 5.74) is 6.37. The number of halogens is 1. The number of hydrogen-bond donors (Lipinski definition) is 3. The fourth-order valence-corrected chi connectivity index (χ4v) is 10.8. The number of aromatic amines is 1. The van der Waals surface area contributed by atoms with Crippen molar-refractivity contribution in [1.29, 1.82) is 0 Å². The number of H-pyrrole nitrogens is 1. The summed E-state index contributed by atoms with van der Waals surface area (Å²) < 4.78 is 41.6. The molecule has 0 saturated carbocycles. The Kier molecular flexibility index (Phi) is 12.9. The summed E-state index contributed by atoms with van der Waals surface area (Å²) in [6.07, 6.45) is 7.65. The van der Waals surface area contributed by atoms with E-state index in [0.29, 0.717) is 11.6 Å². The van der Waals surface area contributed by atoms with Crippen molar-refractivity contribution in [2.75, 3.05) is 69.2 Å². The average molecular weight is 924 g/mol. The van der Waals surface area contributed by atoms with Gasteiger partial charge in [0.1, 0.15) is 11.4 Å². The summed E-state index contributed by atoms with van der Waals surface area (Å²) in [7, 11) is -4.57. The summed E-state index contributed by atoms with van der Waals surface area (Å²) in [4.78, 5) is 40.1. The topological polar surface area (TPSA) is 175 Å². The number of likely N-dealkylation sites (tertiary alicyclic amines) is 1. The van der Waals surface area contributed by atoms with Crippen molar-refractivity contribution in [2.45, 2.75) is 69.4 Å². The molecule has 5 aromatic rings. The van der Waals surface area contributed by atoms with Gasteiger partial charge in [0.05, 0.1) is 26.4 Å². The quantitative estimate of drug-likeness (QED) is 0.0760. The maximum atomic E-state index is 14.0. The third-order valence-corrected chi connectivity index (χ3v) is 14.9. The Bertz CT molecular complexity index is 2710. The second-order valence-electron chi connectivity index (χ2n) is 18.4. The van der Waals surface area contributed by atoms with Crippen molar-refractivity contribution in [3.63, 3.8) is 0 Å². The van der Waals surface area contributed by atoms with Crippen molar-refractivity contribution in [3.05, 3.63) is 117 Å². The molecule has 1 amide bonds. The van der Waals surface area contributed by atoms with Crippen molar-refractivity contribution in [2.24, 2.45) is 5.41 Å². The maximum absolute atomic E-state index is 14.0. The number of fused-ring (bicyclic) bond motifs is 1. The molecule has 3 saturated heterocycles. The molecule has 1 aliphatic carbocycles. The Morgan fingerprint density at radius 3 is 2.54 bits per heavy atom. The monoisotopic (exact) mass is 922 g/mol. The van der Waals surface area contributed by atoms with Gasteiger partial charge in [-0.2, -0.15) is 0 Å². The van der Waals surface area contributed by atoms with Gasteiger partial charge in [-0.05, 0) is 104 Å². The standard InChI is InChI=1S/C48H55ClN8O7S/c1-48(2)18-13-33(40(29-48)32-3-5-34(49)6-4-32)30-54-21-23-55(24-22-54)37-7-9-39(45(27-37)64-46-12-11-41-42(52-46)14-19-50-41)47(58)53-65(61,62)38-8-10-43(44(28-38)57(59)60)51-35-15-20-56(31-35)36-16-25-63-26-17-36/h3-12,14,19,27-28,35-36,50-51H,13,15-18,20-26,29-31H2,1-2H3,(H,53,58)/t35-/m1/s1. The second-order valence-corrected chi connectivity index (χ2v) is 20.5. The van der Waals surface area contributed by atoms with E-state index < -0.39 is 31.4 Å². The summed E-state index contributed by atoms with van der Waals surface area (Å²) in [6.45, 7) is 11.7. The number of ether oxygens (including phenoxy) is 2. The Hall–Kier alpha value is -5.52. The second kappa shape index (κ2) is 18.8. The van der Waals surface area contributed by atoms with E-state index in [1.54, 1.807) is 36.5 Å². The number of pyridine rings is 1. The minimum atomic E-state index is -4.57. The minimum Gasteiger partial charge on any atom is -0.438 e. The van der Waals surface area contributed by atoms with Crippen molar-refractivity contribution < 1.29 is 27.6 Å². The number of nitro groups is 1. The first-order chi connectivity index (χ1) is 31.3. The molecule has 0 unspecified atom stereocenters. The molecule has 0 bridgehead atoms. The molecule has 342 valence electrons. The molecule has 3 aliphatic heterocycles. The molecule has 2 aromatic heterocycles. The van der Waals surface area contributed by atoms with Gasteiger partial charge in [0.15, 0.2) is 0 Å². The smallest absolute Gasteiger partial charge is 0.293 e. The average Bonchev–Trinajstić information content (AvgIpc) is 3.97. The zero-order valence-corrected chi connectivity index (χ0v) is 38.3. The normalized spacial score (nSPS) is 20.0. The predicted molar refractivity (Wildman–Crippen MR) is 252 cm³/mol. The number of carbonyl (C=O) groups is 1. The molecule has 4 aliphatic rings. The van der Waals surface area contributed by atoms with Crippen LogP contribution >= 0.6 is 11.6 Å². The molecule has 3 aromatic carbocycles. The van der Waals surface area contributed by atoms with Crippen LogP contribution in [0.15, 0.2) is 95.5 Å². The van der Waals surface area contributed by atoms with Gasteiger partial charge in [-0.15, -0.1) is 0 Å². The van der Waals surface area contributed by atoms with Crippen LogP contribution in [0.25, 0.3) is 16.6 Å². The van der Waals surface area contributed by atoms with E-state index in [1.165, 1.54) is 28.8 Å². The molecule has 17 heteroatoms. The van der Waals surface area contributed by atoms with Gasteiger partial charge in [0.25, 0.3) is 21.6 Å². The number of nitro benzene ring substituents is 1. The molecular weight excluding hydrogens is 868 g/mol. The van der Waals surface area contributed by atoms with Crippen molar-refractivity contribution in [1.82, 2.24) is 24.5 Å². The predicted octanol–water partition coefficient (Wildman–Crippen LogP) is 8.49. The number of carbonyl (C=O) groups excluding carboxylic acids is 1. The van der Waals surface area contributed by atoms with Gasteiger partial charge >= 0.3 is 0 Å². The van der Waals surface area contributed by atoms with E-state index >= 15 is 0 Å². The van der Waals surface area contributed by atoms with Crippen LogP contribution in [-0.2, 0) is 14.8 Å². The molecule has 5 heterocycles. The van der Waals surface area contributed by atoms with E-state index in [4.69, 9.17) is 21.1 Å². The van der Waals surface area contributed by atoms with Crippen LogP contribution in [0.4, 0.5) is 17.1 Å². The van der Waals surface area contributed by atoms with E-state index in [2.05, 4.69) is 60.7 Å². The number of allylic oxidation sites excluding steroid dienone is 1. The molecular formula is C48H55ClN8O7S. The van der Waals surface area contributed by atoms with Gasteiger partial charge in [0, 0.05) is 106 Å². The van der Waals surface area contributed by atoms with Crippen LogP contribution < -0.4 is 19.7 Å². The molecule has 65 heavy (non-hydrogen) atoms. The molecule has 15 nitrogen and oxygen atoms in total. The van der Waals surface area contributed by atoms with Crippen LogP contribution in [0.3, 0.4) is 0 Å². The maximum Gasteiger partial charge on any atom is 0.293 e. The lowest BCUT2D eigenvalue weighted by Crippen LogP contribution is -2.47. The third-order valence-electron chi connectivity index (χ3n) is 13.3. The number of anilines is 2. The molecule has 1 atom stereocenters. The summed E-state index contributed by atoms with van der Waals surface area (Å²) in [5, 5.41) is 16.3. The summed E-state index contributed by atoms with van der Waals surface area (Å²) in [6, 6.07) is 22.6. The zero-order valence-electron chi connectivity index (χ0n) is 36.7. The highest BCUT2D eigenvalue weighted by Gasteiger charge is 2.33. The lowest BCUT2D eigenvalue weighted by molar-refractivity contribution is -0.384. The highest BCUT2D eigenvalue weighted by molar-refractivity contribution is 7.90. The summed E-state index contributed by atoms with van der Waals surface area (Å²) in [5.74, 6) is -0.628. The van der Waals surface area contributed by atoms with Crippen molar-refractivity contribution >= 4 is 61.2 Å². The van der Waals surface area contributed by atoms with Crippen LogP contribution in [0.2, 0.25) is 5.02 Å². The number of nitrogens with one attached hydrogen (secondary N) is 3. The van der Waals surface area contributed by atoms with Crippen LogP contribution in [0, 0.1) is 15.5 Å². The number of sulfonamides is 1. The number of hydrogen-bond acceptors (Lipinski definition) is 12. The van der Waals surface area contributed by atoms with E-state index in [-0.39, 0.29) is 34.3 Å². The molecule has 3 N–H and O–H groups in total. The van der Waals surface area contributed by atoms with E-state index in [1.807, 2.05) is 18.2 Å². The number of aromatic nitrogens is 2. The first kappa shape index (κ1) is 44.7. The Balaban J connectivity index is 0.915. The number of amides is 1. The lowest BCUT2D eigenvalue weighted by atomic mass is 9.72. The highest BCUT2D eigenvalue weighted by Crippen LogP contribution is 2.43. The minimum absolute atomic E-state index is 0.0441. The largest absolute Gasteiger partial charge is 0.438 e. The number of rotatable bonds is 13. The molecule has 3 fully saturated rings. The summed E-state index contributed by atoms with van der Waals surface area (Å²) >= 11 is 6.25. The van der Waals surface area contributed by atoms with Crippen LogP contribution in [0.5, 0.6) is 11.6 Å². The Morgan fingerprint density at radius 1 is 0.985 bits per heavy atom. The van der Waals surface area contributed by atoms with E-state index in [9.17, 15) is 23.3 Å². The van der Waals surface area contributed by atoms with Crippen LogP contribution in [-0.4, -0.2) is 110 Å². The van der Waals surface area contributed by atoms with E-state index in [0.717, 1.165) is 120 Å². The first-order valence-electron chi connectivity index (χ1n) is 22.4. The van der Waals surface area contributed by atoms with Gasteiger partial charge in [-0.1, -0.05) is 43.2 Å². The number of nitrogens with zero attached hydrogens (tertiary/aromatic N) is 5. The van der Waals surface area contributed by atoms with Gasteiger partial charge in [-0.25, -0.2) is 18.1 Å². The van der Waals surface area contributed by atoms with Gasteiger partial charge in [-0.3, -0.25) is 24.7 Å². The van der Waals surface area contributed by atoms with Gasteiger partial charge < -0.3 is 24.7 Å².